The van der Waals surface area contributed by atoms with Crippen LogP contribution >= 0.6 is 0 Å². The first-order chi connectivity index (χ1) is 15.5. The third kappa shape index (κ3) is 3.20. The van der Waals surface area contributed by atoms with Crippen molar-refractivity contribution in [1.29, 1.82) is 0 Å². The summed E-state index contributed by atoms with van der Waals surface area (Å²) in [7, 11) is 0. The molecule has 0 radical (unpaired) electrons. The van der Waals surface area contributed by atoms with E-state index in [9.17, 15) is 14.4 Å². The highest BCUT2D eigenvalue weighted by Gasteiger charge is 2.57. The van der Waals surface area contributed by atoms with Gasteiger partial charge in [0, 0.05) is 30.3 Å². The van der Waals surface area contributed by atoms with E-state index in [4.69, 9.17) is 5.73 Å². The zero-order valence-electron chi connectivity index (χ0n) is 18.2. The van der Waals surface area contributed by atoms with Gasteiger partial charge in [-0.25, -0.2) is 0 Å². The minimum Gasteiger partial charge on any atom is -0.369 e. The maximum Gasteiger partial charge on any atom is 0.259 e. The Morgan fingerprint density at radius 3 is 2.19 bits per heavy atom. The molecule has 32 heavy (non-hydrogen) atoms. The average Bonchev–Trinajstić information content (AvgIpc) is 3.29. The van der Waals surface area contributed by atoms with Crippen molar-refractivity contribution in [2.75, 3.05) is 18.0 Å². The van der Waals surface area contributed by atoms with Gasteiger partial charge in [-0.2, -0.15) is 0 Å². The Hall–Kier alpha value is -3.15. The normalized spacial score (nSPS) is 22.8. The van der Waals surface area contributed by atoms with Gasteiger partial charge in [0.2, 0.25) is 11.8 Å². The molecule has 2 aliphatic heterocycles. The molecule has 1 spiro atoms. The van der Waals surface area contributed by atoms with Gasteiger partial charge in [0.1, 0.15) is 0 Å². The number of hydrogen-bond acceptors (Lipinski definition) is 3. The van der Waals surface area contributed by atoms with Crippen molar-refractivity contribution >= 4 is 23.4 Å². The van der Waals surface area contributed by atoms with Gasteiger partial charge in [-0.15, -0.1) is 0 Å². The minimum atomic E-state index is -0.565. The molecule has 6 nitrogen and oxygen atoms in total. The SMILES string of the molecule is NC(=O)C1CCN(C(=O)[C@H]2c3ccccc3C(=O)N(c3ccccc3)C23CCCC3)CC1. The highest BCUT2D eigenvalue weighted by molar-refractivity contribution is 6.12. The number of likely N-dealkylation sites (tertiary alicyclic amines) is 1. The predicted molar refractivity (Wildman–Crippen MR) is 122 cm³/mol. The van der Waals surface area contributed by atoms with E-state index in [0.717, 1.165) is 36.9 Å². The summed E-state index contributed by atoms with van der Waals surface area (Å²) in [4.78, 5) is 43.3. The Balaban J connectivity index is 1.60. The van der Waals surface area contributed by atoms with Gasteiger partial charge >= 0.3 is 0 Å². The number of primary amides is 1. The molecule has 6 heteroatoms. The molecule has 1 saturated heterocycles. The number of hydrogen-bond donors (Lipinski definition) is 1. The second kappa shape index (κ2) is 8.08. The molecular weight excluding hydrogens is 402 g/mol. The molecule has 3 aliphatic rings. The molecule has 1 aliphatic carbocycles. The molecule has 2 aromatic rings. The van der Waals surface area contributed by atoms with E-state index in [1.807, 2.05) is 64.4 Å². The van der Waals surface area contributed by atoms with Crippen LogP contribution in [0.25, 0.3) is 0 Å². The Morgan fingerprint density at radius 1 is 0.906 bits per heavy atom. The van der Waals surface area contributed by atoms with Gasteiger partial charge in [0.15, 0.2) is 0 Å². The first-order valence-corrected chi connectivity index (χ1v) is 11.6. The number of carbonyl (C=O) groups is 3. The number of piperidine rings is 1. The molecule has 2 heterocycles. The molecule has 1 saturated carbocycles. The van der Waals surface area contributed by atoms with E-state index in [2.05, 4.69) is 0 Å². The second-order valence-electron chi connectivity index (χ2n) is 9.31. The lowest BCUT2D eigenvalue weighted by Crippen LogP contribution is -2.61. The van der Waals surface area contributed by atoms with Crippen molar-refractivity contribution in [2.45, 2.75) is 50.0 Å². The van der Waals surface area contributed by atoms with Crippen LogP contribution in [-0.4, -0.2) is 41.2 Å². The topological polar surface area (TPSA) is 83.7 Å². The van der Waals surface area contributed by atoms with Gasteiger partial charge < -0.3 is 15.5 Å². The van der Waals surface area contributed by atoms with Crippen LogP contribution in [0.1, 0.15) is 60.4 Å². The van der Waals surface area contributed by atoms with E-state index in [1.54, 1.807) is 0 Å². The van der Waals surface area contributed by atoms with Crippen molar-refractivity contribution in [1.82, 2.24) is 4.90 Å². The number of fused-ring (bicyclic) bond motifs is 1. The van der Waals surface area contributed by atoms with Gasteiger partial charge in [-0.05, 0) is 49.4 Å². The predicted octanol–water partition coefficient (Wildman–Crippen LogP) is 3.47. The van der Waals surface area contributed by atoms with Gasteiger partial charge in [-0.1, -0.05) is 49.2 Å². The summed E-state index contributed by atoms with van der Waals surface area (Å²) < 4.78 is 0. The van der Waals surface area contributed by atoms with Crippen molar-refractivity contribution in [3.05, 3.63) is 65.7 Å². The molecule has 5 rings (SSSR count). The fourth-order valence-corrected chi connectivity index (χ4v) is 6.07. The standard InChI is InChI=1S/C26H29N3O3/c27-23(30)18-12-16-28(17-13-18)25(32)22-20-10-4-5-11-21(20)24(31)29(19-8-2-1-3-9-19)26(22)14-6-7-15-26/h1-5,8-11,18,22H,6-7,12-17H2,(H2,27,30)/t22-/m1/s1. The fraction of sp³-hybridized carbons (Fsp3) is 0.423. The summed E-state index contributed by atoms with van der Waals surface area (Å²) in [6.45, 7) is 1.06. The van der Waals surface area contributed by atoms with Gasteiger partial charge in [-0.3, -0.25) is 14.4 Å². The van der Waals surface area contributed by atoms with Crippen LogP contribution in [-0.2, 0) is 9.59 Å². The highest BCUT2D eigenvalue weighted by atomic mass is 16.2. The van der Waals surface area contributed by atoms with E-state index < -0.39 is 11.5 Å². The average molecular weight is 432 g/mol. The van der Waals surface area contributed by atoms with Crippen molar-refractivity contribution in [2.24, 2.45) is 11.7 Å². The van der Waals surface area contributed by atoms with E-state index >= 15 is 0 Å². The molecular formula is C26H29N3O3. The Morgan fingerprint density at radius 2 is 1.53 bits per heavy atom. The van der Waals surface area contributed by atoms with E-state index in [-0.39, 0.29) is 23.6 Å². The zero-order chi connectivity index (χ0) is 22.3. The lowest BCUT2D eigenvalue weighted by Gasteiger charge is -2.51. The van der Waals surface area contributed by atoms with Crippen molar-refractivity contribution in [3.8, 4) is 0 Å². The highest BCUT2D eigenvalue weighted by Crippen LogP contribution is 2.52. The molecule has 2 N–H and O–H groups in total. The molecule has 0 aromatic heterocycles. The summed E-state index contributed by atoms with van der Waals surface area (Å²) >= 11 is 0. The number of anilines is 1. The second-order valence-corrected chi connectivity index (χ2v) is 9.31. The number of nitrogens with two attached hydrogens (primary N) is 1. The third-order valence-electron chi connectivity index (χ3n) is 7.63. The maximum absolute atomic E-state index is 14.1. The number of nitrogens with zero attached hydrogens (tertiary/aromatic N) is 2. The lowest BCUT2D eigenvalue weighted by atomic mass is 9.70. The van der Waals surface area contributed by atoms with Crippen LogP contribution in [0.15, 0.2) is 54.6 Å². The molecule has 0 unspecified atom stereocenters. The quantitative estimate of drug-likeness (QED) is 0.808. The maximum atomic E-state index is 14.1. The summed E-state index contributed by atoms with van der Waals surface area (Å²) in [6, 6.07) is 17.3. The smallest absolute Gasteiger partial charge is 0.259 e. The third-order valence-corrected chi connectivity index (χ3v) is 7.63. The number of amides is 3. The minimum absolute atomic E-state index is 0.0230. The van der Waals surface area contributed by atoms with Crippen molar-refractivity contribution < 1.29 is 14.4 Å². The van der Waals surface area contributed by atoms with Crippen LogP contribution in [0.2, 0.25) is 0 Å². The largest absolute Gasteiger partial charge is 0.369 e. The molecule has 2 aromatic carbocycles. The van der Waals surface area contributed by atoms with Crippen LogP contribution in [0, 0.1) is 5.92 Å². The van der Waals surface area contributed by atoms with Crippen LogP contribution in [0.3, 0.4) is 0 Å². The van der Waals surface area contributed by atoms with Crippen LogP contribution < -0.4 is 10.6 Å². The fourth-order valence-electron chi connectivity index (χ4n) is 6.07. The Labute approximate surface area is 188 Å². The summed E-state index contributed by atoms with van der Waals surface area (Å²) in [5, 5.41) is 0. The number of rotatable bonds is 3. The molecule has 2 fully saturated rings. The summed E-state index contributed by atoms with van der Waals surface area (Å²) in [5.41, 5.74) is 7.23. The van der Waals surface area contributed by atoms with Gasteiger partial charge in [0.05, 0.1) is 11.5 Å². The van der Waals surface area contributed by atoms with Gasteiger partial charge in [0.25, 0.3) is 5.91 Å². The molecule has 1 atom stereocenters. The Bertz CT molecular complexity index is 1040. The first-order valence-electron chi connectivity index (χ1n) is 11.6. The van der Waals surface area contributed by atoms with Crippen LogP contribution in [0.5, 0.6) is 0 Å². The van der Waals surface area contributed by atoms with E-state index in [0.29, 0.717) is 31.5 Å². The lowest BCUT2D eigenvalue weighted by molar-refractivity contribution is -0.137. The molecule has 3 amide bonds. The first kappa shape index (κ1) is 20.7. The zero-order valence-corrected chi connectivity index (χ0v) is 18.2. The number of carbonyl (C=O) groups excluding carboxylic acids is 3. The van der Waals surface area contributed by atoms with Crippen molar-refractivity contribution in [3.63, 3.8) is 0 Å². The summed E-state index contributed by atoms with van der Waals surface area (Å²) in [5.74, 6) is -0.820. The van der Waals surface area contributed by atoms with E-state index in [1.165, 1.54) is 0 Å². The monoisotopic (exact) mass is 431 g/mol. The number of para-hydroxylation sites is 1. The summed E-state index contributed by atoms with van der Waals surface area (Å²) in [6.07, 6.45) is 4.79. The molecule has 166 valence electrons. The number of benzene rings is 2. The molecule has 0 bridgehead atoms. The Kier molecular flexibility index (Phi) is 5.24. The van der Waals surface area contributed by atoms with Crippen LogP contribution in [0.4, 0.5) is 5.69 Å².